The van der Waals surface area contributed by atoms with Gasteiger partial charge in [0.25, 0.3) is 5.91 Å². The maximum atomic E-state index is 13.8. The third-order valence-corrected chi connectivity index (χ3v) is 7.17. The molecule has 2 unspecified atom stereocenters. The minimum atomic E-state index is -0.660. The number of hydrogen-bond donors (Lipinski definition) is 1. The molecular weight excluding hydrogens is 448 g/mol. The Morgan fingerprint density at radius 1 is 1.11 bits per heavy atom. The Labute approximate surface area is 206 Å². The Kier molecular flexibility index (Phi) is 7.14. The molecular formula is C26H34N4O5. The molecule has 35 heavy (non-hydrogen) atoms. The van der Waals surface area contributed by atoms with E-state index in [9.17, 15) is 19.2 Å². The van der Waals surface area contributed by atoms with Gasteiger partial charge in [0.1, 0.15) is 6.04 Å². The van der Waals surface area contributed by atoms with Crippen LogP contribution >= 0.6 is 0 Å². The lowest BCUT2D eigenvalue weighted by molar-refractivity contribution is -0.153. The molecule has 9 heteroatoms. The Balaban J connectivity index is 1.55. The molecule has 1 fully saturated rings. The summed E-state index contributed by atoms with van der Waals surface area (Å²) in [7, 11) is 1.65. The van der Waals surface area contributed by atoms with Crippen molar-refractivity contribution in [3.05, 3.63) is 47.2 Å². The number of carbonyl (C=O) groups excluding carboxylic acids is 4. The largest absolute Gasteiger partial charge is 0.466 e. The van der Waals surface area contributed by atoms with Gasteiger partial charge in [-0.25, -0.2) is 4.79 Å². The monoisotopic (exact) mass is 482 g/mol. The van der Waals surface area contributed by atoms with Gasteiger partial charge >= 0.3 is 12.0 Å². The molecule has 1 saturated heterocycles. The van der Waals surface area contributed by atoms with Crippen molar-refractivity contribution in [1.29, 1.82) is 0 Å². The summed E-state index contributed by atoms with van der Waals surface area (Å²) in [6, 6.07) is 7.90. The van der Waals surface area contributed by atoms with E-state index in [1.165, 1.54) is 4.90 Å². The van der Waals surface area contributed by atoms with Gasteiger partial charge in [0, 0.05) is 20.1 Å². The van der Waals surface area contributed by atoms with Gasteiger partial charge in [0.05, 0.1) is 36.4 Å². The van der Waals surface area contributed by atoms with E-state index in [-0.39, 0.29) is 42.2 Å². The van der Waals surface area contributed by atoms with Gasteiger partial charge in [-0.2, -0.15) is 0 Å². The summed E-state index contributed by atoms with van der Waals surface area (Å²) in [5.74, 6) is -0.877. The van der Waals surface area contributed by atoms with Crippen molar-refractivity contribution >= 4 is 23.8 Å². The van der Waals surface area contributed by atoms with Gasteiger partial charge in [-0.05, 0) is 31.2 Å². The quantitative estimate of drug-likeness (QED) is 0.628. The summed E-state index contributed by atoms with van der Waals surface area (Å²) in [6.45, 7) is 7.10. The van der Waals surface area contributed by atoms with Gasteiger partial charge in [-0.1, -0.05) is 44.2 Å². The molecule has 3 aliphatic heterocycles. The fourth-order valence-corrected chi connectivity index (χ4v) is 5.27. The normalized spacial score (nSPS) is 21.9. The minimum absolute atomic E-state index is 0.117. The molecule has 0 aromatic heterocycles. The average Bonchev–Trinajstić information content (AvgIpc) is 3.19. The summed E-state index contributed by atoms with van der Waals surface area (Å²) in [5.41, 5.74) is 1.97. The molecule has 0 saturated carbocycles. The Hall–Kier alpha value is -3.36. The van der Waals surface area contributed by atoms with Crippen LogP contribution in [0.2, 0.25) is 0 Å². The second kappa shape index (κ2) is 10.1. The fourth-order valence-electron chi connectivity index (χ4n) is 5.27. The number of piperidine rings is 1. The molecule has 4 rings (SSSR count). The number of likely N-dealkylation sites (tertiary alicyclic amines) is 1. The number of ether oxygens (including phenoxy) is 1. The maximum Gasteiger partial charge on any atom is 0.322 e. The standard InChI is InChI=1S/C26H34N4O5/c1-5-35-25(33)18-11-13-29(14-12-18)24(32)22(16(2)3)30-15-19-20(23(30)31)21(27-26(34)28(19)4)17-9-7-6-8-10-17/h6-10,16,18,21-22H,5,11-15H2,1-4H3,(H,27,34). The highest BCUT2D eigenvalue weighted by Gasteiger charge is 2.47. The van der Waals surface area contributed by atoms with Crippen molar-refractivity contribution in [2.45, 2.75) is 45.7 Å². The number of amides is 4. The van der Waals surface area contributed by atoms with Crippen molar-refractivity contribution < 1.29 is 23.9 Å². The SMILES string of the molecule is CCOC(=O)C1CCN(C(=O)C(C(C)C)N2CC3=C(C2=O)C(c2ccccc2)NC(=O)N3C)CC1. The summed E-state index contributed by atoms with van der Waals surface area (Å²) < 4.78 is 5.14. The van der Waals surface area contributed by atoms with Crippen molar-refractivity contribution in [2.75, 3.05) is 33.3 Å². The zero-order valence-electron chi connectivity index (χ0n) is 20.8. The molecule has 2 atom stereocenters. The lowest BCUT2D eigenvalue weighted by atomic mass is 9.94. The molecule has 1 aromatic rings. The molecule has 3 heterocycles. The number of benzene rings is 1. The van der Waals surface area contributed by atoms with E-state index in [1.807, 2.05) is 44.2 Å². The minimum Gasteiger partial charge on any atom is -0.466 e. The van der Waals surface area contributed by atoms with Crippen LogP contribution in [0.5, 0.6) is 0 Å². The lowest BCUT2D eigenvalue weighted by Gasteiger charge is -2.38. The first-order valence-electron chi connectivity index (χ1n) is 12.3. The van der Waals surface area contributed by atoms with E-state index < -0.39 is 12.1 Å². The molecule has 9 nitrogen and oxygen atoms in total. The van der Waals surface area contributed by atoms with Crippen LogP contribution < -0.4 is 5.32 Å². The van der Waals surface area contributed by atoms with E-state index >= 15 is 0 Å². The molecule has 0 aliphatic carbocycles. The number of esters is 1. The van der Waals surface area contributed by atoms with Crippen molar-refractivity contribution in [1.82, 2.24) is 20.0 Å². The predicted molar refractivity (Wildman–Crippen MR) is 129 cm³/mol. The van der Waals surface area contributed by atoms with E-state index in [4.69, 9.17) is 4.74 Å². The molecule has 4 amide bonds. The Bertz CT molecular complexity index is 1030. The van der Waals surface area contributed by atoms with Gasteiger partial charge in [-0.3, -0.25) is 19.3 Å². The molecule has 1 aromatic carbocycles. The van der Waals surface area contributed by atoms with Crippen LogP contribution in [0.4, 0.5) is 4.79 Å². The summed E-state index contributed by atoms with van der Waals surface area (Å²) in [6.07, 6.45) is 1.10. The van der Waals surface area contributed by atoms with Crippen LogP contribution in [-0.4, -0.2) is 77.8 Å². The highest BCUT2D eigenvalue weighted by atomic mass is 16.5. The number of hydrogen-bond acceptors (Lipinski definition) is 5. The molecule has 0 bridgehead atoms. The van der Waals surface area contributed by atoms with Crippen molar-refractivity contribution in [3.63, 3.8) is 0 Å². The topological polar surface area (TPSA) is 99.3 Å². The molecule has 0 radical (unpaired) electrons. The second-order valence-corrected chi connectivity index (χ2v) is 9.69. The van der Waals surface area contributed by atoms with Crippen LogP contribution in [0.3, 0.4) is 0 Å². The average molecular weight is 483 g/mol. The van der Waals surface area contributed by atoms with Crippen LogP contribution in [0.1, 0.15) is 45.2 Å². The highest BCUT2D eigenvalue weighted by Crippen LogP contribution is 2.37. The summed E-state index contributed by atoms with van der Waals surface area (Å²) in [4.78, 5) is 57.1. The van der Waals surface area contributed by atoms with Crippen molar-refractivity contribution in [2.24, 2.45) is 11.8 Å². The number of urea groups is 1. The second-order valence-electron chi connectivity index (χ2n) is 9.69. The van der Waals surface area contributed by atoms with Crippen LogP contribution in [0, 0.1) is 11.8 Å². The molecule has 3 aliphatic rings. The zero-order valence-corrected chi connectivity index (χ0v) is 20.8. The number of nitrogens with one attached hydrogen (secondary N) is 1. The van der Waals surface area contributed by atoms with Gasteiger partial charge < -0.3 is 19.9 Å². The first-order valence-corrected chi connectivity index (χ1v) is 12.3. The summed E-state index contributed by atoms with van der Waals surface area (Å²) >= 11 is 0. The highest BCUT2D eigenvalue weighted by molar-refractivity contribution is 6.03. The third-order valence-electron chi connectivity index (χ3n) is 7.17. The van der Waals surface area contributed by atoms with E-state index in [0.717, 1.165) is 5.56 Å². The van der Waals surface area contributed by atoms with Crippen LogP contribution in [0.25, 0.3) is 0 Å². The number of nitrogens with zero attached hydrogens (tertiary/aromatic N) is 3. The smallest absolute Gasteiger partial charge is 0.322 e. The predicted octanol–water partition coefficient (Wildman–Crippen LogP) is 2.31. The fraction of sp³-hybridized carbons (Fsp3) is 0.538. The number of likely N-dealkylation sites (N-methyl/N-ethyl adjacent to an activating group) is 1. The number of carbonyl (C=O) groups is 4. The van der Waals surface area contributed by atoms with Crippen LogP contribution in [-0.2, 0) is 19.1 Å². The Morgan fingerprint density at radius 2 is 1.77 bits per heavy atom. The van der Waals surface area contributed by atoms with Crippen LogP contribution in [0.15, 0.2) is 41.6 Å². The third kappa shape index (κ3) is 4.63. The van der Waals surface area contributed by atoms with Crippen molar-refractivity contribution in [3.8, 4) is 0 Å². The Morgan fingerprint density at radius 3 is 2.37 bits per heavy atom. The molecule has 0 spiro atoms. The first-order chi connectivity index (χ1) is 16.7. The molecule has 188 valence electrons. The van der Waals surface area contributed by atoms with Gasteiger partial charge in [0.15, 0.2) is 0 Å². The first kappa shape index (κ1) is 24.8. The van der Waals surface area contributed by atoms with E-state index in [1.54, 1.807) is 23.8 Å². The zero-order chi connectivity index (χ0) is 25.3. The maximum absolute atomic E-state index is 13.8. The molecule has 1 N–H and O–H groups in total. The summed E-state index contributed by atoms with van der Waals surface area (Å²) in [5, 5.41) is 2.93. The van der Waals surface area contributed by atoms with E-state index in [2.05, 4.69) is 5.32 Å². The van der Waals surface area contributed by atoms with E-state index in [0.29, 0.717) is 43.8 Å². The van der Waals surface area contributed by atoms with Gasteiger partial charge in [-0.15, -0.1) is 0 Å². The number of rotatable bonds is 6. The van der Waals surface area contributed by atoms with Gasteiger partial charge in [0.2, 0.25) is 5.91 Å². The lowest BCUT2D eigenvalue weighted by Crippen LogP contribution is -2.54.